The van der Waals surface area contributed by atoms with Gasteiger partial charge in [-0.05, 0) is 35.1 Å². The Morgan fingerprint density at radius 1 is 1.25 bits per heavy atom. The number of thiophene rings is 1. The molecule has 4 heteroatoms. The molecule has 0 unspecified atom stereocenters. The third-order valence-corrected chi connectivity index (χ3v) is 5.21. The first kappa shape index (κ1) is 12.0. The quantitative estimate of drug-likeness (QED) is 0.873. The minimum Gasteiger partial charge on any atom is -0.373 e. The van der Waals surface area contributed by atoms with Gasteiger partial charge in [0.2, 0.25) is 5.91 Å². The molecule has 102 valence electrons. The summed E-state index contributed by atoms with van der Waals surface area (Å²) in [4.78, 5) is 16.1. The molecule has 2 aliphatic heterocycles. The average Bonchev–Trinajstić information content (AvgIpc) is 3.11. The van der Waals surface area contributed by atoms with Crippen LogP contribution in [0.3, 0.4) is 0 Å². The van der Waals surface area contributed by atoms with Crippen molar-refractivity contribution in [3.05, 3.63) is 51.7 Å². The summed E-state index contributed by atoms with van der Waals surface area (Å²) in [5.41, 5.74) is 3.68. The van der Waals surface area contributed by atoms with Gasteiger partial charge >= 0.3 is 0 Å². The highest BCUT2D eigenvalue weighted by atomic mass is 32.1. The number of benzene rings is 1. The maximum Gasteiger partial charge on any atom is 0.245 e. The van der Waals surface area contributed by atoms with E-state index in [2.05, 4.69) is 28.9 Å². The largest absolute Gasteiger partial charge is 0.373 e. The van der Waals surface area contributed by atoms with Crippen molar-refractivity contribution >= 4 is 22.9 Å². The zero-order chi connectivity index (χ0) is 13.5. The molecule has 1 N–H and O–H groups in total. The summed E-state index contributed by atoms with van der Waals surface area (Å²) < 4.78 is 0. The second-order valence-electron chi connectivity index (χ2n) is 5.44. The Bertz CT molecular complexity index is 635. The minimum absolute atomic E-state index is 0.0902. The minimum atomic E-state index is -0.0902. The molecule has 0 spiro atoms. The van der Waals surface area contributed by atoms with Gasteiger partial charge in [0.05, 0.1) is 0 Å². The Hall–Kier alpha value is -1.81. The van der Waals surface area contributed by atoms with Crippen LogP contribution < -0.4 is 5.32 Å². The van der Waals surface area contributed by atoms with E-state index in [-0.39, 0.29) is 11.9 Å². The average molecular weight is 284 g/mol. The van der Waals surface area contributed by atoms with E-state index in [9.17, 15) is 4.79 Å². The van der Waals surface area contributed by atoms with Gasteiger partial charge in [0, 0.05) is 30.1 Å². The van der Waals surface area contributed by atoms with Crippen molar-refractivity contribution in [3.8, 4) is 0 Å². The van der Waals surface area contributed by atoms with Crippen LogP contribution in [0, 0.1) is 0 Å². The molecule has 0 saturated carbocycles. The fourth-order valence-corrected chi connectivity index (χ4v) is 3.99. The SMILES string of the molecule is O=C([C@@H]1Cc2ccccc2N1)N1CCc2sccc2C1. The Morgan fingerprint density at radius 2 is 2.15 bits per heavy atom. The number of rotatable bonds is 1. The van der Waals surface area contributed by atoms with Crippen molar-refractivity contribution in [2.75, 3.05) is 11.9 Å². The van der Waals surface area contributed by atoms with Gasteiger partial charge in [-0.2, -0.15) is 0 Å². The van der Waals surface area contributed by atoms with Crippen molar-refractivity contribution in [3.63, 3.8) is 0 Å². The second-order valence-corrected chi connectivity index (χ2v) is 6.44. The Morgan fingerprint density at radius 3 is 3.05 bits per heavy atom. The number of carbonyl (C=O) groups excluding carboxylic acids is 1. The number of nitrogens with zero attached hydrogens (tertiary/aromatic N) is 1. The van der Waals surface area contributed by atoms with Crippen LogP contribution in [0.4, 0.5) is 5.69 Å². The normalized spacial score (nSPS) is 20.2. The lowest BCUT2D eigenvalue weighted by Crippen LogP contribution is -2.44. The van der Waals surface area contributed by atoms with Gasteiger partial charge in [0.15, 0.2) is 0 Å². The summed E-state index contributed by atoms with van der Waals surface area (Å²) in [5, 5.41) is 5.49. The molecule has 4 rings (SSSR count). The molecule has 0 fully saturated rings. The van der Waals surface area contributed by atoms with Gasteiger partial charge in [0.25, 0.3) is 0 Å². The number of para-hydroxylation sites is 1. The monoisotopic (exact) mass is 284 g/mol. The first-order valence-corrected chi connectivity index (χ1v) is 7.88. The van der Waals surface area contributed by atoms with Crippen molar-refractivity contribution in [1.82, 2.24) is 4.90 Å². The van der Waals surface area contributed by atoms with E-state index in [0.717, 1.165) is 31.6 Å². The fourth-order valence-electron chi connectivity index (χ4n) is 3.10. The van der Waals surface area contributed by atoms with Gasteiger partial charge < -0.3 is 10.2 Å². The lowest BCUT2D eigenvalue weighted by atomic mass is 10.1. The van der Waals surface area contributed by atoms with Crippen LogP contribution in [0.25, 0.3) is 0 Å². The van der Waals surface area contributed by atoms with Crippen LogP contribution in [0.15, 0.2) is 35.7 Å². The maximum atomic E-state index is 12.7. The van der Waals surface area contributed by atoms with E-state index < -0.39 is 0 Å². The first-order valence-electron chi connectivity index (χ1n) is 7.00. The van der Waals surface area contributed by atoms with Crippen LogP contribution in [0.1, 0.15) is 16.0 Å². The van der Waals surface area contributed by atoms with Gasteiger partial charge in [-0.1, -0.05) is 18.2 Å². The van der Waals surface area contributed by atoms with E-state index in [0.29, 0.717) is 0 Å². The zero-order valence-corrected chi connectivity index (χ0v) is 12.0. The van der Waals surface area contributed by atoms with Crippen LogP contribution in [-0.4, -0.2) is 23.4 Å². The molecular formula is C16H16N2OS. The van der Waals surface area contributed by atoms with Gasteiger partial charge in [-0.15, -0.1) is 11.3 Å². The lowest BCUT2D eigenvalue weighted by Gasteiger charge is -2.29. The fraction of sp³-hybridized carbons (Fsp3) is 0.312. The van der Waals surface area contributed by atoms with E-state index in [4.69, 9.17) is 0 Å². The number of carbonyl (C=O) groups is 1. The Labute approximate surface area is 122 Å². The molecule has 0 aliphatic carbocycles. The Kier molecular flexibility index (Phi) is 2.77. The molecule has 1 atom stereocenters. The van der Waals surface area contributed by atoms with Crippen molar-refractivity contribution in [2.45, 2.75) is 25.4 Å². The number of anilines is 1. The number of nitrogens with one attached hydrogen (secondary N) is 1. The van der Waals surface area contributed by atoms with Gasteiger partial charge in [0.1, 0.15) is 6.04 Å². The first-order chi connectivity index (χ1) is 9.81. The smallest absolute Gasteiger partial charge is 0.245 e. The van der Waals surface area contributed by atoms with Crippen LogP contribution in [0.5, 0.6) is 0 Å². The van der Waals surface area contributed by atoms with Crippen molar-refractivity contribution in [1.29, 1.82) is 0 Å². The number of hydrogen-bond acceptors (Lipinski definition) is 3. The molecule has 20 heavy (non-hydrogen) atoms. The van der Waals surface area contributed by atoms with E-state index in [1.807, 2.05) is 28.4 Å². The molecule has 1 aromatic heterocycles. The van der Waals surface area contributed by atoms with E-state index in [1.165, 1.54) is 16.0 Å². The molecule has 1 amide bonds. The second kappa shape index (κ2) is 4.63. The molecule has 0 saturated heterocycles. The highest BCUT2D eigenvalue weighted by Crippen LogP contribution is 2.28. The van der Waals surface area contributed by atoms with Gasteiger partial charge in [-0.25, -0.2) is 0 Å². The predicted molar refractivity (Wildman–Crippen MR) is 81.0 cm³/mol. The third-order valence-electron chi connectivity index (χ3n) is 4.19. The standard InChI is InChI=1S/C16H16N2OS/c19-16(14-9-11-3-1-2-4-13(11)17-14)18-7-5-15-12(10-18)6-8-20-15/h1-4,6,8,14,17H,5,7,9-10H2/t14-/m0/s1. The molecule has 1 aromatic carbocycles. The third kappa shape index (κ3) is 1.91. The number of hydrogen-bond donors (Lipinski definition) is 1. The number of fused-ring (bicyclic) bond motifs is 2. The molecule has 0 bridgehead atoms. The molecular weight excluding hydrogens is 268 g/mol. The van der Waals surface area contributed by atoms with Crippen LogP contribution in [-0.2, 0) is 24.2 Å². The molecule has 0 radical (unpaired) electrons. The molecule has 3 nitrogen and oxygen atoms in total. The summed E-state index contributed by atoms with van der Waals surface area (Å²) >= 11 is 1.81. The summed E-state index contributed by atoms with van der Waals surface area (Å²) in [6.45, 7) is 1.62. The predicted octanol–water partition coefficient (Wildman–Crippen LogP) is 2.67. The Balaban J connectivity index is 1.50. The van der Waals surface area contributed by atoms with Crippen LogP contribution in [0.2, 0.25) is 0 Å². The maximum absolute atomic E-state index is 12.7. The summed E-state index contributed by atoms with van der Waals surface area (Å²) in [6, 6.07) is 10.3. The highest BCUT2D eigenvalue weighted by molar-refractivity contribution is 7.10. The zero-order valence-electron chi connectivity index (χ0n) is 11.1. The molecule has 3 heterocycles. The van der Waals surface area contributed by atoms with Gasteiger partial charge in [-0.3, -0.25) is 4.79 Å². The lowest BCUT2D eigenvalue weighted by molar-refractivity contribution is -0.132. The molecule has 2 aromatic rings. The summed E-state index contributed by atoms with van der Waals surface area (Å²) in [6.07, 6.45) is 1.81. The van der Waals surface area contributed by atoms with E-state index >= 15 is 0 Å². The van der Waals surface area contributed by atoms with Crippen molar-refractivity contribution < 1.29 is 4.79 Å². The highest BCUT2D eigenvalue weighted by Gasteiger charge is 2.31. The molecule has 2 aliphatic rings. The van der Waals surface area contributed by atoms with E-state index in [1.54, 1.807) is 0 Å². The topological polar surface area (TPSA) is 32.3 Å². The van der Waals surface area contributed by atoms with Crippen LogP contribution >= 0.6 is 11.3 Å². The number of amides is 1. The summed E-state index contributed by atoms with van der Waals surface area (Å²) in [7, 11) is 0. The van der Waals surface area contributed by atoms with Crippen molar-refractivity contribution in [2.24, 2.45) is 0 Å². The summed E-state index contributed by atoms with van der Waals surface area (Å²) in [5.74, 6) is 0.234.